The number of carbonyl (C=O) groups excluding carboxylic acids is 2. The van der Waals surface area contributed by atoms with Gasteiger partial charge in [-0.3, -0.25) is 0 Å². The van der Waals surface area contributed by atoms with Gasteiger partial charge in [0.15, 0.2) is 5.65 Å². The van der Waals surface area contributed by atoms with Gasteiger partial charge >= 0.3 is 17.8 Å². The Balaban J connectivity index is 1.49. The van der Waals surface area contributed by atoms with E-state index in [0.717, 1.165) is 11.1 Å². The molecule has 2 aromatic heterocycles. The van der Waals surface area contributed by atoms with Gasteiger partial charge in [0.05, 0.1) is 11.2 Å². The molecule has 0 radical (unpaired) electrons. The minimum Gasteiger partial charge on any atom is -0.458 e. The zero-order valence-corrected chi connectivity index (χ0v) is 20.4. The third-order valence-corrected chi connectivity index (χ3v) is 5.27. The van der Waals surface area contributed by atoms with Crippen molar-refractivity contribution < 1.29 is 19.1 Å². The number of ether oxygens (including phenoxy) is 2. The summed E-state index contributed by atoms with van der Waals surface area (Å²) in [5.74, 6) is -0.569. The number of nitrogens with zero attached hydrogens (tertiary/aromatic N) is 2. The van der Waals surface area contributed by atoms with Gasteiger partial charge in [-0.25, -0.2) is 23.9 Å². The van der Waals surface area contributed by atoms with E-state index in [1.165, 1.54) is 4.57 Å². The Morgan fingerprint density at radius 3 is 2.42 bits per heavy atom. The van der Waals surface area contributed by atoms with Crippen LogP contribution < -0.4 is 11.0 Å². The van der Waals surface area contributed by atoms with Gasteiger partial charge in [0.1, 0.15) is 18.2 Å². The van der Waals surface area contributed by atoms with Crippen LogP contribution in [0.3, 0.4) is 0 Å². The lowest BCUT2D eigenvalue weighted by Crippen LogP contribution is -2.45. The number of amides is 1. The molecular formula is C27H28N4O5. The maximum Gasteiger partial charge on any atom is 0.408 e. The summed E-state index contributed by atoms with van der Waals surface area (Å²) < 4.78 is 12.3. The highest BCUT2D eigenvalue weighted by molar-refractivity contribution is 5.82. The quantitative estimate of drug-likeness (QED) is 0.381. The number of alkyl carbamates (subject to hydrolysis) is 1. The number of hydrogen-bond acceptors (Lipinski definition) is 6. The van der Waals surface area contributed by atoms with Crippen molar-refractivity contribution in [1.29, 1.82) is 0 Å². The molecule has 0 saturated heterocycles. The molecule has 2 heterocycles. The first kappa shape index (κ1) is 24.7. The zero-order chi connectivity index (χ0) is 25.7. The van der Waals surface area contributed by atoms with Crippen LogP contribution in [0.25, 0.3) is 16.9 Å². The molecule has 0 spiro atoms. The van der Waals surface area contributed by atoms with Gasteiger partial charge in [-0.05, 0) is 56.2 Å². The lowest BCUT2D eigenvalue weighted by atomic mass is 10.0. The van der Waals surface area contributed by atoms with Crippen LogP contribution >= 0.6 is 0 Å². The molecule has 1 amide bonds. The van der Waals surface area contributed by atoms with Gasteiger partial charge in [0.2, 0.25) is 0 Å². The molecule has 0 saturated carbocycles. The summed E-state index contributed by atoms with van der Waals surface area (Å²) in [4.78, 5) is 44.9. The van der Waals surface area contributed by atoms with Crippen molar-refractivity contribution in [2.75, 3.05) is 0 Å². The minimum absolute atomic E-state index is 0.0792. The highest BCUT2D eigenvalue weighted by atomic mass is 16.6. The van der Waals surface area contributed by atoms with Crippen LogP contribution in [0, 0.1) is 0 Å². The maximum atomic E-state index is 12.9. The third-order valence-electron chi connectivity index (χ3n) is 5.27. The van der Waals surface area contributed by atoms with Crippen molar-refractivity contribution in [1.82, 2.24) is 19.9 Å². The Labute approximate surface area is 208 Å². The summed E-state index contributed by atoms with van der Waals surface area (Å²) in [5, 5.41) is 2.63. The first-order chi connectivity index (χ1) is 17.2. The lowest BCUT2D eigenvalue weighted by Gasteiger charge is -2.24. The fraction of sp³-hybridized carbons (Fsp3) is 0.259. The molecule has 0 aliphatic carbocycles. The Morgan fingerprint density at radius 1 is 1.00 bits per heavy atom. The fourth-order valence-corrected chi connectivity index (χ4v) is 3.67. The van der Waals surface area contributed by atoms with E-state index >= 15 is 0 Å². The number of esters is 1. The monoisotopic (exact) mass is 488 g/mol. The van der Waals surface area contributed by atoms with Crippen molar-refractivity contribution in [3.63, 3.8) is 0 Å². The normalized spacial score (nSPS) is 12.2. The van der Waals surface area contributed by atoms with Crippen LogP contribution in [-0.2, 0) is 27.3 Å². The molecule has 0 aliphatic heterocycles. The molecule has 36 heavy (non-hydrogen) atoms. The Hall–Kier alpha value is -4.40. The predicted octanol–water partition coefficient (Wildman–Crippen LogP) is 3.89. The van der Waals surface area contributed by atoms with Crippen LogP contribution in [0.5, 0.6) is 0 Å². The average Bonchev–Trinajstić information content (AvgIpc) is 3.18. The topological polar surface area (TPSA) is 115 Å². The largest absolute Gasteiger partial charge is 0.458 e. The Bertz CT molecular complexity index is 1400. The highest BCUT2D eigenvalue weighted by Crippen LogP contribution is 2.16. The van der Waals surface area contributed by atoms with Crippen LogP contribution in [-0.4, -0.2) is 38.2 Å². The molecule has 4 aromatic rings. The molecule has 9 heteroatoms. The number of pyridine rings is 1. The predicted molar refractivity (Wildman–Crippen MR) is 135 cm³/mol. The number of aromatic nitrogens is 3. The van der Waals surface area contributed by atoms with E-state index in [4.69, 9.17) is 9.47 Å². The molecule has 0 unspecified atom stereocenters. The number of nitrogens with one attached hydrogen (secondary N) is 2. The molecule has 1 atom stereocenters. The number of fused-ring (bicyclic) bond motifs is 1. The number of hydrogen-bond donors (Lipinski definition) is 2. The SMILES string of the molecule is CC(C)(C)OC(=O)[C@H](Cc1ccc(-n2c(=O)[nH]c3cccnc32)cc1)NC(=O)OCc1ccccc1. The van der Waals surface area contributed by atoms with Crippen molar-refractivity contribution in [3.05, 3.63) is 94.5 Å². The second-order valence-electron chi connectivity index (χ2n) is 9.30. The van der Waals surface area contributed by atoms with Gasteiger partial charge in [-0.2, -0.15) is 0 Å². The smallest absolute Gasteiger partial charge is 0.408 e. The van der Waals surface area contributed by atoms with Gasteiger partial charge in [0.25, 0.3) is 0 Å². The number of rotatable bonds is 7. The summed E-state index contributed by atoms with van der Waals surface area (Å²) in [6.07, 6.45) is 1.08. The molecule has 0 fully saturated rings. The second-order valence-corrected chi connectivity index (χ2v) is 9.30. The van der Waals surface area contributed by atoms with Crippen LogP contribution in [0.2, 0.25) is 0 Å². The van der Waals surface area contributed by atoms with E-state index in [9.17, 15) is 14.4 Å². The second kappa shape index (κ2) is 10.5. The zero-order valence-electron chi connectivity index (χ0n) is 20.4. The molecule has 2 aromatic carbocycles. The van der Waals surface area contributed by atoms with E-state index in [2.05, 4.69) is 15.3 Å². The number of aromatic amines is 1. The average molecular weight is 489 g/mol. The van der Waals surface area contributed by atoms with Gasteiger partial charge in [0, 0.05) is 12.6 Å². The van der Waals surface area contributed by atoms with Crippen molar-refractivity contribution >= 4 is 23.2 Å². The van der Waals surface area contributed by atoms with Crippen LogP contribution in [0.15, 0.2) is 77.7 Å². The van der Waals surface area contributed by atoms with E-state index in [1.54, 1.807) is 63.4 Å². The van der Waals surface area contributed by atoms with Gasteiger partial charge in [-0.1, -0.05) is 42.5 Å². The lowest BCUT2D eigenvalue weighted by molar-refractivity contribution is -0.157. The Morgan fingerprint density at radius 2 is 1.72 bits per heavy atom. The summed E-state index contributed by atoms with van der Waals surface area (Å²) in [6.45, 7) is 5.36. The standard InChI is InChI=1S/C27H28N4O5/c1-27(2,3)36-24(32)22(30-26(34)35-17-19-8-5-4-6-9-19)16-18-11-13-20(14-12-18)31-23-21(29-25(31)33)10-7-15-28-23/h4-15,22H,16-17H2,1-3H3,(H,29,33)(H,30,34)/t22-/m0/s1. The van der Waals surface area contributed by atoms with E-state index in [1.807, 2.05) is 30.3 Å². The van der Waals surface area contributed by atoms with Crippen LogP contribution in [0.4, 0.5) is 4.79 Å². The van der Waals surface area contributed by atoms with E-state index in [-0.39, 0.29) is 18.7 Å². The molecule has 186 valence electrons. The summed E-state index contributed by atoms with van der Waals surface area (Å²) >= 11 is 0. The minimum atomic E-state index is -0.962. The van der Waals surface area contributed by atoms with Crippen molar-refractivity contribution in [2.45, 2.75) is 45.4 Å². The first-order valence-corrected chi connectivity index (χ1v) is 11.5. The summed E-state index contributed by atoms with van der Waals surface area (Å²) in [6, 6.07) is 18.9. The Kier molecular flexibility index (Phi) is 7.19. The van der Waals surface area contributed by atoms with Crippen molar-refractivity contribution in [3.8, 4) is 5.69 Å². The molecule has 2 N–H and O–H groups in total. The van der Waals surface area contributed by atoms with Gasteiger partial charge < -0.3 is 19.8 Å². The molecule has 9 nitrogen and oxygen atoms in total. The maximum absolute atomic E-state index is 12.9. The van der Waals surface area contributed by atoms with Crippen molar-refractivity contribution in [2.24, 2.45) is 0 Å². The number of benzene rings is 2. The number of H-pyrrole nitrogens is 1. The molecule has 0 aliphatic rings. The number of imidazole rings is 1. The fourth-order valence-electron chi connectivity index (χ4n) is 3.67. The van der Waals surface area contributed by atoms with Crippen LogP contribution in [0.1, 0.15) is 31.9 Å². The third kappa shape index (κ3) is 6.18. The molecule has 4 rings (SSSR count). The highest BCUT2D eigenvalue weighted by Gasteiger charge is 2.27. The summed E-state index contributed by atoms with van der Waals surface area (Å²) in [7, 11) is 0. The number of carbonyl (C=O) groups is 2. The molecular weight excluding hydrogens is 460 g/mol. The van der Waals surface area contributed by atoms with E-state index < -0.39 is 23.7 Å². The first-order valence-electron chi connectivity index (χ1n) is 11.5. The summed E-state index contributed by atoms with van der Waals surface area (Å²) in [5.41, 5.74) is 2.35. The molecule has 0 bridgehead atoms. The van der Waals surface area contributed by atoms with Gasteiger partial charge in [-0.15, -0.1) is 0 Å². The van der Waals surface area contributed by atoms with E-state index in [0.29, 0.717) is 16.9 Å².